The molecule has 0 spiro atoms. The van der Waals surface area contributed by atoms with Crippen LogP contribution >= 0.6 is 11.6 Å². The average Bonchev–Trinajstić information content (AvgIpc) is 2.50. The van der Waals surface area contributed by atoms with E-state index in [4.69, 9.17) is 11.6 Å². The topological polar surface area (TPSA) is 29.1 Å². The van der Waals surface area contributed by atoms with Crippen LogP contribution in [0.5, 0.6) is 0 Å². The number of hydrogen-bond acceptors (Lipinski definition) is 1. The number of hydrogen-bond donors (Lipinski definition) is 1. The van der Waals surface area contributed by atoms with Crippen molar-refractivity contribution in [3.63, 3.8) is 0 Å². The molecule has 2 rings (SSSR count). The van der Waals surface area contributed by atoms with E-state index in [0.29, 0.717) is 12.3 Å². The van der Waals surface area contributed by atoms with Gasteiger partial charge in [0.2, 0.25) is 5.91 Å². The third-order valence-electron chi connectivity index (χ3n) is 3.15. The van der Waals surface area contributed by atoms with Crippen molar-refractivity contribution in [3.8, 4) is 0 Å². The van der Waals surface area contributed by atoms with E-state index in [1.54, 1.807) is 12.1 Å². The van der Waals surface area contributed by atoms with E-state index in [9.17, 15) is 9.18 Å². The van der Waals surface area contributed by atoms with Gasteiger partial charge < -0.3 is 5.32 Å². The highest BCUT2D eigenvalue weighted by Gasteiger charge is 2.12. The summed E-state index contributed by atoms with van der Waals surface area (Å²) in [5.41, 5.74) is 1.91. The molecule has 0 radical (unpaired) electrons. The Balaban J connectivity index is 1.89. The first-order chi connectivity index (χ1) is 10.2. The van der Waals surface area contributed by atoms with Crippen LogP contribution in [-0.4, -0.2) is 17.8 Å². The van der Waals surface area contributed by atoms with Gasteiger partial charge in [0.05, 0.1) is 6.42 Å². The van der Waals surface area contributed by atoms with Crippen LogP contribution in [-0.2, 0) is 17.6 Å². The minimum atomic E-state index is -0.304. The molecule has 4 heteroatoms. The van der Waals surface area contributed by atoms with E-state index in [-0.39, 0.29) is 24.2 Å². The van der Waals surface area contributed by atoms with Crippen LogP contribution < -0.4 is 5.32 Å². The monoisotopic (exact) mass is 305 g/mol. The second kappa shape index (κ2) is 7.79. The van der Waals surface area contributed by atoms with Crippen molar-refractivity contribution in [2.75, 3.05) is 5.88 Å². The fraction of sp³-hybridized carbons (Fsp3) is 0.235. The van der Waals surface area contributed by atoms with E-state index in [2.05, 4.69) is 5.32 Å². The van der Waals surface area contributed by atoms with Gasteiger partial charge in [-0.3, -0.25) is 4.79 Å². The lowest BCUT2D eigenvalue weighted by Gasteiger charge is -2.16. The maximum Gasteiger partial charge on any atom is 0.224 e. The van der Waals surface area contributed by atoms with Crippen LogP contribution in [0.2, 0.25) is 0 Å². The summed E-state index contributed by atoms with van der Waals surface area (Å²) in [7, 11) is 0. The summed E-state index contributed by atoms with van der Waals surface area (Å²) in [6.07, 6.45) is 0.919. The minimum Gasteiger partial charge on any atom is -0.352 e. The highest BCUT2D eigenvalue weighted by Crippen LogP contribution is 2.06. The fourth-order valence-electron chi connectivity index (χ4n) is 2.11. The molecule has 0 heterocycles. The van der Waals surface area contributed by atoms with Crippen molar-refractivity contribution in [2.45, 2.75) is 18.9 Å². The minimum absolute atomic E-state index is 0.108. The zero-order chi connectivity index (χ0) is 15.1. The molecule has 0 saturated carbocycles. The molecule has 1 unspecified atom stereocenters. The van der Waals surface area contributed by atoms with Gasteiger partial charge in [-0.25, -0.2) is 4.39 Å². The Bertz CT molecular complexity index is 571. The Hall–Kier alpha value is -1.87. The summed E-state index contributed by atoms with van der Waals surface area (Å²) in [5, 5.41) is 2.91. The lowest BCUT2D eigenvalue weighted by molar-refractivity contribution is -0.121. The van der Waals surface area contributed by atoms with Crippen LogP contribution in [0.4, 0.5) is 4.39 Å². The summed E-state index contributed by atoms with van der Waals surface area (Å²) < 4.78 is 12.8. The Labute approximate surface area is 128 Å². The van der Waals surface area contributed by atoms with E-state index in [1.165, 1.54) is 12.1 Å². The Morgan fingerprint density at radius 3 is 2.33 bits per heavy atom. The second-order valence-electron chi connectivity index (χ2n) is 4.91. The van der Waals surface area contributed by atoms with Crippen molar-refractivity contribution < 1.29 is 9.18 Å². The van der Waals surface area contributed by atoms with Crippen LogP contribution in [0.3, 0.4) is 0 Å². The largest absolute Gasteiger partial charge is 0.352 e. The standard InChI is InChI=1S/C17H17ClFNO/c18-12-16(10-13-4-2-1-3-5-13)20-17(21)11-14-6-8-15(19)9-7-14/h1-9,16H,10-12H2,(H,20,21). The van der Waals surface area contributed by atoms with Gasteiger partial charge in [0.1, 0.15) is 5.82 Å². The number of halogens is 2. The van der Waals surface area contributed by atoms with Gasteiger partial charge in [0.25, 0.3) is 0 Å². The van der Waals surface area contributed by atoms with E-state index < -0.39 is 0 Å². The second-order valence-corrected chi connectivity index (χ2v) is 5.22. The number of benzene rings is 2. The Kier molecular flexibility index (Phi) is 5.76. The zero-order valence-corrected chi connectivity index (χ0v) is 12.3. The first-order valence-corrected chi connectivity index (χ1v) is 7.34. The van der Waals surface area contributed by atoms with E-state index in [1.807, 2.05) is 30.3 Å². The molecule has 0 saturated heterocycles. The van der Waals surface area contributed by atoms with Crippen molar-refractivity contribution in [1.29, 1.82) is 0 Å². The van der Waals surface area contributed by atoms with Crippen molar-refractivity contribution in [3.05, 3.63) is 71.5 Å². The molecule has 0 aliphatic heterocycles. The predicted molar refractivity (Wildman–Crippen MR) is 82.9 cm³/mol. The van der Waals surface area contributed by atoms with Gasteiger partial charge in [0, 0.05) is 11.9 Å². The predicted octanol–water partition coefficient (Wildman–Crippen LogP) is 3.33. The maximum atomic E-state index is 12.8. The lowest BCUT2D eigenvalue weighted by Crippen LogP contribution is -2.38. The smallest absolute Gasteiger partial charge is 0.224 e. The van der Waals surface area contributed by atoms with Crippen molar-refractivity contribution in [2.24, 2.45) is 0 Å². The van der Waals surface area contributed by atoms with E-state index >= 15 is 0 Å². The molecule has 0 aromatic heterocycles. The van der Waals surface area contributed by atoms with Crippen LogP contribution in [0.1, 0.15) is 11.1 Å². The molecule has 0 fully saturated rings. The first kappa shape index (κ1) is 15.5. The summed E-state index contributed by atoms with van der Waals surface area (Å²) in [6.45, 7) is 0. The molecule has 2 aromatic rings. The number of alkyl halides is 1. The normalized spacial score (nSPS) is 11.9. The quantitative estimate of drug-likeness (QED) is 0.815. The van der Waals surface area contributed by atoms with Gasteiger partial charge in [-0.05, 0) is 29.7 Å². The van der Waals surface area contributed by atoms with Crippen molar-refractivity contribution >= 4 is 17.5 Å². The van der Waals surface area contributed by atoms with Gasteiger partial charge in [-0.1, -0.05) is 42.5 Å². The third-order valence-corrected chi connectivity index (χ3v) is 3.53. The Morgan fingerprint density at radius 1 is 1.05 bits per heavy atom. The zero-order valence-electron chi connectivity index (χ0n) is 11.6. The number of rotatable bonds is 6. The summed E-state index contributed by atoms with van der Waals surface area (Å²) >= 11 is 5.92. The van der Waals surface area contributed by atoms with Gasteiger partial charge in [0.15, 0.2) is 0 Å². The van der Waals surface area contributed by atoms with Crippen LogP contribution in [0, 0.1) is 5.82 Å². The SMILES string of the molecule is O=C(Cc1ccc(F)cc1)NC(CCl)Cc1ccccc1. The fourth-order valence-corrected chi connectivity index (χ4v) is 2.30. The van der Waals surface area contributed by atoms with Gasteiger partial charge >= 0.3 is 0 Å². The molecule has 21 heavy (non-hydrogen) atoms. The Morgan fingerprint density at radius 2 is 1.71 bits per heavy atom. The molecule has 1 N–H and O–H groups in total. The molecule has 2 nitrogen and oxygen atoms in total. The third kappa shape index (κ3) is 5.20. The molecular weight excluding hydrogens is 289 g/mol. The number of carbonyl (C=O) groups is 1. The number of carbonyl (C=O) groups excluding carboxylic acids is 1. The molecular formula is C17H17ClFNO. The van der Waals surface area contributed by atoms with Gasteiger partial charge in [-0.2, -0.15) is 0 Å². The molecule has 0 aliphatic rings. The lowest BCUT2D eigenvalue weighted by atomic mass is 10.1. The molecule has 1 amide bonds. The molecule has 110 valence electrons. The summed E-state index contributed by atoms with van der Waals surface area (Å²) in [4.78, 5) is 12.0. The van der Waals surface area contributed by atoms with Crippen LogP contribution in [0.15, 0.2) is 54.6 Å². The highest BCUT2D eigenvalue weighted by molar-refractivity contribution is 6.18. The number of amides is 1. The maximum absolute atomic E-state index is 12.8. The average molecular weight is 306 g/mol. The van der Waals surface area contributed by atoms with Gasteiger partial charge in [-0.15, -0.1) is 11.6 Å². The molecule has 1 atom stereocenters. The molecule has 0 bridgehead atoms. The molecule has 2 aromatic carbocycles. The first-order valence-electron chi connectivity index (χ1n) is 6.81. The van der Waals surface area contributed by atoms with E-state index in [0.717, 1.165) is 11.1 Å². The summed E-state index contributed by atoms with van der Waals surface area (Å²) in [6, 6.07) is 15.7. The molecule has 0 aliphatic carbocycles. The van der Waals surface area contributed by atoms with Crippen molar-refractivity contribution in [1.82, 2.24) is 5.32 Å². The summed E-state index contributed by atoms with van der Waals surface area (Å²) in [5.74, 6) is -0.0607. The van der Waals surface area contributed by atoms with Crippen LogP contribution in [0.25, 0.3) is 0 Å². The number of nitrogens with one attached hydrogen (secondary N) is 1. The highest BCUT2D eigenvalue weighted by atomic mass is 35.5.